The highest BCUT2D eigenvalue weighted by Crippen LogP contribution is 2.14. The first-order valence-electron chi connectivity index (χ1n) is 6.13. The van der Waals surface area contributed by atoms with E-state index in [9.17, 15) is 0 Å². The van der Waals surface area contributed by atoms with E-state index in [1.807, 2.05) is 6.92 Å². The molecule has 0 amide bonds. The molecule has 2 aromatic rings. The topological polar surface area (TPSA) is 65.7 Å². The third kappa shape index (κ3) is 3.89. The lowest BCUT2D eigenvalue weighted by Crippen LogP contribution is -2.17. The maximum atomic E-state index is 5.87. The maximum absolute atomic E-state index is 5.87. The van der Waals surface area contributed by atoms with Crippen molar-refractivity contribution < 1.29 is 4.74 Å². The summed E-state index contributed by atoms with van der Waals surface area (Å²) in [4.78, 5) is 12.2. The molecule has 19 heavy (non-hydrogen) atoms. The van der Waals surface area contributed by atoms with Gasteiger partial charge in [0, 0.05) is 12.4 Å². The van der Waals surface area contributed by atoms with Gasteiger partial charge in [-0.2, -0.15) is 20.1 Å². The molecule has 0 N–H and O–H groups in total. The van der Waals surface area contributed by atoms with Gasteiger partial charge in [-0.25, -0.2) is 4.68 Å². The van der Waals surface area contributed by atoms with Gasteiger partial charge in [0.1, 0.15) is 0 Å². The summed E-state index contributed by atoms with van der Waals surface area (Å²) >= 11 is 5.87. The first kappa shape index (κ1) is 13.7. The molecule has 0 saturated heterocycles. The van der Waals surface area contributed by atoms with Crippen LogP contribution in [0.25, 0.3) is 5.95 Å². The Balaban J connectivity index is 2.18. The average molecular weight is 282 g/mol. The zero-order valence-corrected chi connectivity index (χ0v) is 11.9. The maximum Gasteiger partial charge on any atom is 0.322 e. The molecule has 0 aliphatic carbocycles. The number of hydrogen-bond donors (Lipinski definition) is 0. The van der Waals surface area contributed by atoms with E-state index < -0.39 is 0 Å². The number of rotatable bonds is 5. The normalized spacial score (nSPS) is 12.7. The molecule has 0 radical (unpaired) electrons. The zero-order valence-electron chi connectivity index (χ0n) is 11.1. The molecule has 2 rings (SSSR count). The molecule has 0 saturated carbocycles. The van der Waals surface area contributed by atoms with Crippen LogP contribution in [0.15, 0.2) is 18.5 Å². The molecule has 0 aliphatic heterocycles. The van der Waals surface area contributed by atoms with Crippen molar-refractivity contribution in [2.45, 2.75) is 33.3 Å². The van der Waals surface area contributed by atoms with Crippen LogP contribution in [0.3, 0.4) is 0 Å². The predicted octanol–water partition coefficient (Wildman–Crippen LogP) is 2.52. The molecular formula is C12H16ClN5O. The van der Waals surface area contributed by atoms with Crippen molar-refractivity contribution in [2.24, 2.45) is 5.92 Å². The highest BCUT2D eigenvalue weighted by Gasteiger charge is 2.12. The number of aromatic nitrogens is 5. The summed E-state index contributed by atoms with van der Waals surface area (Å²) in [6.45, 7) is 6.25. The zero-order chi connectivity index (χ0) is 13.8. The molecule has 1 atom stereocenters. The summed E-state index contributed by atoms with van der Waals surface area (Å²) in [5.41, 5.74) is 0. The summed E-state index contributed by atoms with van der Waals surface area (Å²) in [5.74, 6) is 0.884. The highest BCUT2D eigenvalue weighted by molar-refractivity contribution is 6.28. The summed E-state index contributed by atoms with van der Waals surface area (Å²) < 4.78 is 7.16. The van der Waals surface area contributed by atoms with Crippen molar-refractivity contribution in [3.63, 3.8) is 0 Å². The van der Waals surface area contributed by atoms with Crippen LogP contribution >= 0.6 is 11.6 Å². The molecule has 6 nitrogen and oxygen atoms in total. The molecule has 0 spiro atoms. The van der Waals surface area contributed by atoms with E-state index >= 15 is 0 Å². The lowest BCUT2D eigenvalue weighted by atomic mass is 10.1. The standard InChI is InChI=1S/C12H16ClN5O/c1-8(2)7-9(3)19-12-16-10(13)15-11(17-12)18-6-4-5-14-18/h4-6,8-9H,7H2,1-3H3. The Bertz CT molecular complexity index is 529. The van der Waals surface area contributed by atoms with E-state index in [2.05, 4.69) is 33.9 Å². The van der Waals surface area contributed by atoms with Gasteiger partial charge in [-0.3, -0.25) is 0 Å². The molecule has 0 aliphatic rings. The van der Waals surface area contributed by atoms with Crippen LogP contribution in [-0.4, -0.2) is 30.8 Å². The molecule has 0 bridgehead atoms. The van der Waals surface area contributed by atoms with E-state index in [1.54, 1.807) is 18.5 Å². The van der Waals surface area contributed by atoms with Crippen molar-refractivity contribution in [3.05, 3.63) is 23.7 Å². The van der Waals surface area contributed by atoms with Crippen LogP contribution in [-0.2, 0) is 0 Å². The lowest BCUT2D eigenvalue weighted by molar-refractivity contribution is 0.177. The largest absolute Gasteiger partial charge is 0.460 e. The first-order valence-corrected chi connectivity index (χ1v) is 6.50. The molecule has 0 fully saturated rings. The molecule has 1 unspecified atom stereocenters. The molecule has 2 heterocycles. The second-order valence-corrected chi connectivity index (χ2v) is 5.03. The van der Waals surface area contributed by atoms with Crippen molar-refractivity contribution in [3.8, 4) is 12.0 Å². The van der Waals surface area contributed by atoms with Crippen molar-refractivity contribution in [1.82, 2.24) is 24.7 Å². The third-order valence-electron chi connectivity index (χ3n) is 2.40. The average Bonchev–Trinajstić information content (AvgIpc) is 2.79. The highest BCUT2D eigenvalue weighted by atomic mass is 35.5. The van der Waals surface area contributed by atoms with Gasteiger partial charge in [0.2, 0.25) is 5.28 Å². The Hall–Kier alpha value is -1.69. The quantitative estimate of drug-likeness (QED) is 0.842. The van der Waals surface area contributed by atoms with Crippen LogP contribution in [0.4, 0.5) is 0 Å². The Labute approximate surface area is 116 Å². The van der Waals surface area contributed by atoms with Crippen LogP contribution in [0.1, 0.15) is 27.2 Å². The fourth-order valence-electron chi connectivity index (χ4n) is 1.76. The minimum atomic E-state index is 0.0175. The van der Waals surface area contributed by atoms with Gasteiger partial charge >= 0.3 is 6.01 Å². The van der Waals surface area contributed by atoms with Crippen LogP contribution < -0.4 is 4.74 Å². The number of nitrogens with zero attached hydrogens (tertiary/aromatic N) is 5. The van der Waals surface area contributed by atoms with Crippen LogP contribution in [0.2, 0.25) is 5.28 Å². The van der Waals surface area contributed by atoms with Gasteiger partial charge in [0.25, 0.3) is 5.95 Å². The second kappa shape index (κ2) is 5.97. The Morgan fingerprint density at radius 1 is 1.26 bits per heavy atom. The fraction of sp³-hybridized carbons (Fsp3) is 0.500. The van der Waals surface area contributed by atoms with Gasteiger partial charge in [-0.1, -0.05) is 13.8 Å². The third-order valence-corrected chi connectivity index (χ3v) is 2.56. The fourth-order valence-corrected chi connectivity index (χ4v) is 1.90. The first-order chi connectivity index (χ1) is 9.04. The number of ether oxygens (including phenoxy) is 1. The van der Waals surface area contributed by atoms with E-state index in [4.69, 9.17) is 16.3 Å². The van der Waals surface area contributed by atoms with E-state index in [0.29, 0.717) is 11.9 Å². The van der Waals surface area contributed by atoms with Crippen LogP contribution in [0, 0.1) is 5.92 Å². The molecule has 102 valence electrons. The lowest BCUT2D eigenvalue weighted by Gasteiger charge is -2.15. The smallest absolute Gasteiger partial charge is 0.322 e. The van der Waals surface area contributed by atoms with Crippen LogP contribution in [0.5, 0.6) is 6.01 Å². The van der Waals surface area contributed by atoms with Crippen molar-refractivity contribution in [1.29, 1.82) is 0 Å². The Morgan fingerprint density at radius 2 is 2.05 bits per heavy atom. The van der Waals surface area contributed by atoms with E-state index in [1.165, 1.54) is 4.68 Å². The molecule has 7 heteroatoms. The number of halogens is 1. The molecular weight excluding hydrogens is 266 g/mol. The van der Waals surface area contributed by atoms with Crippen molar-refractivity contribution >= 4 is 11.6 Å². The summed E-state index contributed by atoms with van der Waals surface area (Å²) in [6, 6.07) is 2.00. The minimum Gasteiger partial charge on any atom is -0.460 e. The summed E-state index contributed by atoms with van der Waals surface area (Å²) in [6.07, 6.45) is 4.30. The molecule has 0 aromatic carbocycles. The van der Waals surface area contributed by atoms with Gasteiger partial charge in [0.05, 0.1) is 6.10 Å². The Kier molecular flexibility index (Phi) is 4.31. The summed E-state index contributed by atoms with van der Waals surface area (Å²) in [5, 5.41) is 4.14. The van der Waals surface area contributed by atoms with Gasteiger partial charge < -0.3 is 4.74 Å². The van der Waals surface area contributed by atoms with Crippen molar-refractivity contribution in [2.75, 3.05) is 0 Å². The monoisotopic (exact) mass is 281 g/mol. The van der Waals surface area contributed by atoms with Gasteiger partial charge in [0.15, 0.2) is 0 Å². The number of hydrogen-bond acceptors (Lipinski definition) is 5. The van der Waals surface area contributed by atoms with Gasteiger partial charge in [-0.15, -0.1) is 0 Å². The van der Waals surface area contributed by atoms with E-state index in [-0.39, 0.29) is 17.4 Å². The van der Waals surface area contributed by atoms with E-state index in [0.717, 1.165) is 6.42 Å². The minimum absolute atomic E-state index is 0.0175. The Morgan fingerprint density at radius 3 is 2.68 bits per heavy atom. The summed E-state index contributed by atoms with van der Waals surface area (Å²) in [7, 11) is 0. The van der Waals surface area contributed by atoms with Gasteiger partial charge in [-0.05, 0) is 36.9 Å². The second-order valence-electron chi connectivity index (χ2n) is 4.70. The molecule has 2 aromatic heterocycles. The SMILES string of the molecule is CC(C)CC(C)Oc1nc(Cl)nc(-n2cccn2)n1. The predicted molar refractivity (Wildman–Crippen MR) is 71.5 cm³/mol.